The third-order valence-corrected chi connectivity index (χ3v) is 5.51. The van der Waals surface area contributed by atoms with Crippen LogP contribution in [0.25, 0.3) is 0 Å². The van der Waals surface area contributed by atoms with E-state index < -0.39 is 17.9 Å². The van der Waals surface area contributed by atoms with Gasteiger partial charge < -0.3 is 14.0 Å². The van der Waals surface area contributed by atoms with Gasteiger partial charge in [0.05, 0.1) is 24.9 Å². The molecule has 0 spiro atoms. The number of benzene rings is 1. The molecular weight excluding hydrogens is 429 g/mol. The molecule has 1 aromatic carbocycles. The van der Waals surface area contributed by atoms with Crippen LogP contribution < -0.4 is 0 Å². The predicted octanol–water partition coefficient (Wildman–Crippen LogP) is 4.34. The highest BCUT2D eigenvalue weighted by Gasteiger charge is 2.30. The molecule has 150 valence electrons. The van der Waals surface area contributed by atoms with Crippen molar-refractivity contribution in [3.8, 4) is 0 Å². The zero-order valence-electron chi connectivity index (χ0n) is 15.4. The van der Waals surface area contributed by atoms with Crippen LogP contribution in [-0.4, -0.2) is 36.5 Å². The van der Waals surface area contributed by atoms with Crippen LogP contribution in [0.4, 0.5) is 0 Å². The van der Waals surface area contributed by atoms with E-state index in [0.29, 0.717) is 16.1 Å². The van der Waals surface area contributed by atoms with E-state index in [1.165, 1.54) is 18.8 Å². The highest BCUT2D eigenvalue weighted by molar-refractivity contribution is 6.42. The number of hydrogen-bond donors (Lipinski definition) is 0. The molecule has 0 unspecified atom stereocenters. The number of carbonyl (C=O) groups excluding carboxylic acids is 3. The number of aromatic nitrogens is 1. The summed E-state index contributed by atoms with van der Waals surface area (Å²) in [7, 11) is 2.36. The molecule has 28 heavy (non-hydrogen) atoms. The van der Waals surface area contributed by atoms with Crippen molar-refractivity contribution in [1.29, 1.82) is 0 Å². The molecule has 1 heterocycles. The maximum atomic E-state index is 13.0. The van der Waals surface area contributed by atoms with E-state index in [1.54, 1.807) is 31.2 Å². The monoisotopic (exact) mass is 445 g/mol. The molecule has 1 aromatic heterocycles. The highest BCUT2D eigenvalue weighted by Crippen LogP contribution is 2.33. The molecule has 0 atom stereocenters. The Balaban J connectivity index is 2.40. The fourth-order valence-electron chi connectivity index (χ4n) is 2.79. The van der Waals surface area contributed by atoms with E-state index in [-0.39, 0.29) is 34.6 Å². The predicted molar refractivity (Wildman–Crippen MR) is 106 cm³/mol. The van der Waals surface area contributed by atoms with E-state index in [2.05, 4.69) is 9.47 Å². The number of hydrogen-bond acceptors (Lipinski definition) is 5. The summed E-state index contributed by atoms with van der Waals surface area (Å²) in [6, 6.07) is 6.39. The van der Waals surface area contributed by atoms with Gasteiger partial charge in [0.2, 0.25) is 5.78 Å². The van der Waals surface area contributed by atoms with Gasteiger partial charge in [-0.1, -0.05) is 34.8 Å². The number of ether oxygens (including phenoxy) is 2. The van der Waals surface area contributed by atoms with Crippen LogP contribution in [0.3, 0.4) is 0 Å². The minimum Gasteiger partial charge on any atom is -0.468 e. The first-order valence-electron chi connectivity index (χ1n) is 8.22. The molecule has 0 radical (unpaired) electrons. The van der Waals surface area contributed by atoms with Gasteiger partial charge in [-0.05, 0) is 43.2 Å². The topological polar surface area (TPSA) is 74.6 Å². The lowest BCUT2D eigenvalue weighted by Gasteiger charge is -2.15. The van der Waals surface area contributed by atoms with Gasteiger partial charge in [-0.15, -0.1) is 0 Å². The number of esters is 2. The van der Waals surface area contributed by atoms with Gasteiger partial charge in [0.25, 0.3) is 0 Å². The number of nitrogens with zero attached hydrogens (tertiary/aromatic N) is 1. The van der Waals surface area contributed by atoms with Gasteiger partial charge in [-0.3, -0.25) is 14.4 Å². The smallest absolute Gasteiger partial charge is 0.320 e. The summed E-state index contributed by atoms with van der Waals surface area (Å²) in [5.74, 6) is -2.92. The summed E-state index contributed by atoms with van der Waals surface area (Å²) < 4.78 is 10.8. The Labute approximate surface area is 177 Å². The molecule has 0 aliphatic carbocycles. The minimum absolute atomic E-state index is 0.0183. The van der Waals surface area contributed by atoms with E-state index in [4.69, 9.17) is 34.8 Å². The van der Waals surface area contributed by atoms with E-state index in [0.717, 1.165) is 0 Å². The quantitative estimate of drug-likeness (QED) is 0.359. The van der Waals surface area contributed by atoms with Crippen molar-refractivity contribution < 1.29 is 23.9 Å². The average molecular weight is 447 g/mol. The first-order valence-corrected chi connectivity index (χ1v) is 9.36. The second-order valence-electron chi connectivity index (χ2n) is 5.95. The number of methoxy groups -OCH3 is 2. The Morgan fingerprint density at radius 2 is 1.54 bits per heavy atom. The largest absolute Gasteiger partial charge is 0.468 e. The number of rotatable bonds is 7. The van der Waals surface area contributed by atoms with Crippen molar-refractivity contribution in [3.05, 3.63) is 56.3 Å². The summed E-state index contributed by atoms with van der Waals surface area (Å²) in [5.41, 5.74) is 1.17. The summed E-state index contributed by atoms with van der Waals surface area (Å²) in [6.45, 7) is 1.75. The Hall–Kier alpha value is -2.02. The fourth-order valence-corrected chi connectivity index (χ4v) is 3.42. The van der Waals surface area contributed by atoms with Crippen LogP contribution in [0, 0.1) is 12.8 Å². The third-order valence-electron chi connectivity index (χ3n) is 4.31. The molecule has 0 aliphatic rings. The fraction of sp³-hybridized carbons (Fsp3) is 0.316. The van der Waals surface area contributed by atoms with Crippen LogP contribution >= 0.6 is 34.8 Å². The van der Waals surface area contributed by atoms with Gasteiger partial charge in [0.1, 0.15) is 5.15 Å². The molecule has 2 aromatic rings. The van der Waals surface area contributed by atoms with Gasteiger partial charge in [-0.25, -0.2) is 0 Å². The molecule has 0 saturated heterocycles. The van der Waals surface area contributed by atoms with Crippen molar-refractivity contribution in [1.82, 2.24) is 4.57 Å². The summed E-state index contributed by atoms with van der Waals surface area (Å²) in [4.78, 5) is 36.8. The molecule has 0 bridgehead atoms. The standard InChI is InChI=1S/C19H18Cl3NO5/c1-10-14(21)17(22)23(9-8-13(18(25)27-2)19(26)28-3)15(10)16(24)11-4-6-12(20)7-5-11/h4-7,13H,8-9H2,1-3H3. The molecule has 0 fully saturated rings. The molecule has 0 aliphatic heterocycles. The molecule has 2 rings (SSSR count). The normalized spacial score (nSPS) is 10.8. The third kappa shape index (κ3) is 4.51. The zero-order chi connectivity index (χ0) is 21.0. The van der Waals surface area contributed by atoms with Crippen LogP contribution in [0.1, 0.15) is 28.0 Å². The van der Waals surface area contributed by atoms with E-state index in [9.17, 15) is 14.4 Å². The maximum absolute atomic E-state index is 13.0. The van der Waals surface area contributed by atoms with Gasteiger partial charge in [0, 0.05) is 17.1 Å². The number of ketones is 1. The Morgan fingerprint density at radius 3 is 2.04 bits per heavy atom. The van der Waals surface area contributed by atoms with Gasteiger partial charge in [-0.2, -0.15) is 0 Å². The SMILES string of the molecule is COC(=O)C(CCn1c(Cl)c(Cl)c(C)c1C(=O)c1ccc(Cl)cc1)C(=O)OC. The minimum atomic E-state index is -1.15. The zero-order valence-corrected chi connectivity index (χ0v) is 17.7. The lowest BCUT2D eigenvalue weighted by atomic mass is 10.0. The van der Waals surface area contributed by atoms with E-state index >= 15 is 0 Å². The van der Waals surface area contributed by atoms with Crippen LogP contribution in [0.5, 0.6) is 0 Å². The van der Waals surface area contributed by atoms with Crippen LogP contribution in [-0.2, 0) is 25.6 Å². The maximum Gasteiger partial charge on any atom is 0.320 e. The second kappa shape index (κ2) is 9.45. The second-order valence-corrected chi connectivity index (χ2v) is 7.13. The van der Waals surface area contributed by atoms with Crippen LogP contribution in [0.15, 0.2) is 24.3 Å². The average Bonchev–Trinajstić information content (AvgIpc) is 2.91. The summed E-state index contributed by atoms with van der Waals surface area (Å²) in [6.07, 6.45) is 0.0183. The first-order chi connectivity index (χ1) is 13.2. The molecular formula is C19H18Cl3NO5. The van der Waals surface area contributed by atoms with Crippen LogP contribution in [0.2, 0.25) is 15.2 Å². The lowest BCUT2D eigenvalue weighted by molar-refractivity contribution is -0.159. The van der Waals surface area contributed by atoms with Gasteiger partial charge in [0.15, 0.2) is 5.92 Å². The summed E-state index contributed by atoms with van der Waals surface area (Å²) in [5, 5.41) is 0.871. The Morgan fingerprint density at radius 1 is 1.00 bits per heavy atom. The van der Waals surface area contributed by atoms with Crippen molar-refractivity contribution in [2.24, 2.45) is 5.92 Å². The van der Waals surface area contributed by atoms with Crippen molar-refractivity contribution in [2.75, 3.05) is 14.2 Å². The molecule has 0 N–H and O–H groups in total. The Kier molecular flexibility index (Phi) is 7.52. The molecule has 0 amide bonds. The van der Waals surface area contributed by atoms with Crippen molar-refractivity contribution in [2.45, 2.75) is 19.9 Å². The summed E-state index contributed by atoms with van der Waals surface area (Å²) >= 11 is 18.4. The number of carbonyl (C=O) groups is 3. The lowest BCUT2D eigenvalue weighted by Crippen LogP contribution is -2.28. The van der Waals surface area contributed by atoms with Gasteiger partial charge >= 0.3 is 11.9 Å². The Bertz CT molecular complexity index is 889. The molecule has 0 saturated carbocycles. The number of halogens is 3. The highest BCUT2D eigenvalue weighted by atomic mass is 35.5. The van der Waals surface area contributed by atoms with Crippen molar-refractivity contribution in [3.63, 3.8) is 0 Å². The molecule has 6 nitrogen and oxygen atoms in total. The van der Waals surface area contributed by atoms with Crippen molar-refractivity contribution >= 4 is 52.5 Å². The first kappa shape index (κ1) is 22.3. The van der Waals surface area contributed by atoms with E-state index in [1.807, 2.05) is 0 Å². The molecule has 9 heteroatoms.